The lowest BCUT2D eigenvalue weighted by molar-refractivity contribution is 0.500. The number of hydrogen-bond donors (Lipinski definition) is 1. The van der Waals surface area contributed by atoms with Crippen LogP contribution in [0.2, 0.25) is 0 Å². The van der Waals surface area contributed by atoms with Gasteiger partial charge in [0.1, 0.15) is 0 Å². The highest BCUT2D eigenvalue weighted by atomic mass is 79.9. The van der Waals surface area contributed by atoms with Crippen molar-refractivity contribution in [1.29, 1.82) is 0 Å². The predicted molar refractivity (Wildman–Crippen MR) is 81.3 cm³/mol. The van der Waals surface area contributed by atoms with Gasteiger partial charge < -0.3 is 0 Å². The molecular formula is C13H15BrN4O2S. The molecule has 0 radical (unpaired) electrons. The molecule has 1 heterocycles. The van der Waals surface area contributed by atoms with Gasteiger partial charge in [-0.05, 0) is 46.3 Å². The Hall–Kier alpha value is -1.25. The zero-order chi connectivity index (χ0) is 15.0. The molecule has 3 rings (SSSR count). The predicted octanol–water partition coefficient (Wildman–Crippen LogP) is 1.41. The summed E-state index contributed by atoms with van der Waals surface area (Å²) in [7, 11) is -2.08. The summed E-state index contributed by atoms with van der Waals surface area (Å²) in [5.41, 5.74) is 2.51. The molecule has 1 aliphatic carbocycles. The van der Waals surface area contributed by atoms with Gasteiger partial charge in [-0.3, -0.25) is 0 Å². The Balaban J connectivity index is 1.82. The maximum atomic E-state index is 12.5. The van der Waals surface area contributed by atoms with E-state index in [1.807, 2.05) is 12.1 Å². The molecule has 21 heavy (non-hydrogen) atoms. The molecule has 1 atom stereocenters. The lowest BCUT2D eigenvalue weighted by Crippen LogP contribution is -2.39. The number of hydrogen-bond acceptors (Lipinski definition) is 4. The molecular weight excluding hydrogens is 356 g/mol. The van der Waals surface area contributed by atoms with Crippen LogP contribution in [0, 0.1) is 0 Å². The van der Waals surface area contributed by atoms with Crippen molar-refractivity contribution in [2.24, 2.45) is 7.05 Å². The zero-order valence-electron chi connectivity index (χ0n) is 11.5. The third-order valence-corrected chi connectivity index (χ3v) is 6.07. The van der Waals surface area contributed by atoms with Crippen LogP contribution in [0.4, 0.5) is 0 Å². The Morgan fingerprint density at radius 2 is 2.05 bits per heavy atom. The van der Waals surface area contributed by atoms with Gasteiger partial charge >= 0.3 is 0 Å². The summed E-state index contributed by atoms with van der Waals surface area (Å²) in [5.74, 6) is 0. The lowest BCUT2D eigenvalue weighted by Gasteiger charge is -2.25. The number of nitrogens with zero attached hydrogens (tertiary/aromatic N) is 3. The summed E-state index contributed by atoms with van der Waals surface area (Å²) < 4.78 is 29.2. The molecule has 1 N–H and O–H groups in total. The quantitative estimate of drug-likeness (QED) is 0.885. The van der Waals surface area contributed by atoms with E-state index in [2.05, 4.69) is 43.1 Å². The average Bonchev–Trinajstić information content (AvgIpc) is 2.78. The molecule has 0 aliphatic heterocycles. The minimum atomic E-state index is -3.64. The molecule has 0 bridgehead atoms. The molecule has 2 aromatic rings. The van der Waals surface area contributed by atoms with Crippen molar-refractivity contribution in [3.63, 3.8) is 0 Å². The Morgan fingerprint density at radius 3 is 2.71 bits per heavy atom. The first kappa shape index (κ1) is 14.7. The van der Waals surface area contributed by atoms with Crippen molar-refractivity contribution in [3.05, 3.63) is 40.0 Å². The van der Waals surface area contributed by atoms with Crippen LogP contribution in [0.15, 0.2) is 33.9 Å². The molecule has 1 aromatic heterocycles. The first-order valence-electron chi connectivity index (χ1n) is 6.61. The molecule has 0 amide bonds. The van der Waals surface area contributed by atoms with Gasteiger partial charge in [0, 0.05) is 13.1 Å². The molecule has 1 aromatic carbocycles. The average molecular weight is 371 g/mol. The largest absolute Gasteiger partial charge is 0.260 e. The van der Waals surface area contributed by atoms with Crippen molar-refractivity contribution < 1.29 is 8.42 Å². The van der Waals surface area contributed by atoms with E-state index in [1.165, 1.54) is 15.8 Å². The number of sulfonamides is 1. The molecule has 0 saturated heterocycles. The van der Waals surface area contributed by atoms with Crippen molar-refractivity contribution in [2.75, 3.05) is 0 Å². The van der Waals surface area contributed by atoms with Gasteiger partial charge in [-0.1, -0.05) is 29.5 Å². The second kappa shape index (κ2) is 5.51. The number of fused-ring (bicyclic) bond motifs is 1. The summed E-state index contributed by atoms with van der Waals surface area (Å²) in [6, 6.07) is 8.05. The second-order valence-corrected chi connectivity index (χ2v) is 7.52. The highest BCUT2D eigenvalue weighted by molar-refractivity contribution is 9.10. The molecule has 6 nitrogen and oxygen atoms in total. The number of aromatic nitrogens is 3. The number of halogens is 1. The van der Waals surface area contributed by atoms with Crippen LogP contribution in [0.3, 0.4) is 0 Å². The van der Waals surface area contributed by atoms with E-state index >= 15 is 0 Å². The van der Waals surface area contributed by atoms with Crippen molar-refractivity contribution in [1.82, 2.24) is 19.7 Å². The molecule has 1 aliphatic rings. The molecule has 1 unspecified atom stereocenters. The second-order valence-electron chi connectivity index (χ2n) is 5.14. The lowest BCUT2D eigenvalue weighted by atomic mass is 9.89. The van der Waals surface area contributed by atoms with Gasteiger partial charge in [0.25, 0.3) is 10.0 Å². The fraction of sp³-hybridized carbons (Fsp3) is 0.385. The van der Waals surface area contributed by atoms with Gasteiger partial charge in [0.05, 0.1) is 0 Å². The monoisotopic (exact) mass is 370 g/mol. The Kier molecular flexibility index (Phi) is 3.85. The Morgan fingerprint density at radius 1 is 1.33 bits per heavy atom. The van der Waals surface area contributed by atoms with E-state index < -0.39 is 10.0 Å². The number of nitrogens with one attached hydrogen (secondary N) is 1. The highest BCUT2D eigenvalue weighted by Crippen LogP contribution is 2.24. The molecule has 0 fully saturated rings. The molecule has 0 spiro atoms. The van der Waals surface area contributed by atoms with Gasteiger partial charge in [0.2, 0.25) is 5.03 Å². The SMILES string of the molecule is Cn1nnc(Br)c1S(=O)(=O)NC1CCc2ccccc2C1. The van der Waals surface area contributed by atoms with Crippen LogP contribution < -0.4 is 4.72 Å². The minimum absolute atomic E-state index is 0.0568. The van der Waals surface area contributed by atoms with Crippen LogP contribution in [0.5, 0.6) is 0 Å². The summed E-state index contributed by atoms with van der Waals surface area (Å²) >= 11 is 3.13. The van der Waals surface area contributed by atoms with E-state index in [0.29, 0.717) is 6.42 Å². The number of rotatable bonds is 3. The van der Waals surface area contributed by atoms with E-state index in [0.717, 1.165) is 12.8 Å². The van der Waals surface area contributed by atoms with Crippen LogP contribution in [-0.2, 0) is 29.9 Å². The Bertz CT molecular complexity index is 753. The van der Waals surface area contributed by atoms with Crippen molar-refractivity contribution in [3.8, 4) is 0 Å². The van der Waals surface area contributed by atoms with Gasteiger partial charge in [-0.25, -0.2) is 17.8 Å². The van der Waals surface area contributed by atoms with Crippen LogP contribution in [0.25, 0.3) is 0 Å². The summed E-state index contributed by atoms with van der Waals surface area (Å²) in [5, 5.41) is 7.49. The van der Waals surface area contributed by atoms with E-state index in [4.69, 9.17) is 0 Å². The third kappa shape index (κ3) is 2.88. The third-order valence-electron chi connectivity index (χ3n) is 3.66. The van der Waals surface area contributed by atoms with Crippen molar-refractivity contribution >= 4 is 26.0 Å². The van der Waals surface area contributed by atoms with Crippen LogP contribution in [-0.4, -0.2) is 29.5 Å². The van der Waals surface area contributed by atoms with Gasteiger partial charge in [0.15, 0.2) is 4.60 Å². The van der Waals surface area contributed by atoms with Crippen molar-refractivity contribution in [2.45, 2.75) is 30.3 Å². The highest BCUT2D eigenvalue weighted by Gasteiger charge is 2.28. The molecule has 112 valence electrons. The fourth-order valence-corrected chi connectivity index (χ4v) is 5.05. The number of benzene rings is 1. The zero-order valence-corrected chi connectivity index (χ0v) is 13.9. The fourth-order valence-electron chi connectivity index (χ4n) is 2.68. The van der Waals surface area contributed by atoms with Crippen LogP contribution in [0.1, 0.15) is 17.5 Å². The normalized spacial score (nSPS) is 18.5. The summed E-state index contributed by atoms with van der Waals surface area (Å²) in [6.45, 7) is 0. The first-order chi connectivity index (χ1) is 9.97. The van der Waals surface area contributed by atoms with E-state index in [1.54, 1.807) is 7.05 Å². The number of aryl methyl sites for hydroxylation is 2. The van der Waals surface area contributed by atoms with E-state index in [-0.39, 0.29) is 15.7 Å². The maximum Gasteiger partial charge on any atom is 0.260 e. The minimum Gasteiger partial charge on any atom is -0.235 e. The van der Waals surface area contributed by atoms with Gasteiger partial charge in [-0.15, -0.1) is 5.10 Å². The molecule has 8 heteroatoms. The smallest absolute Gasteiger partial charge is 0.235 e. The van der Waals surface area contributed by atoms with Crippen LogP contribution >= 0.6 is 15.9 Å². The topological polar surface area (TPSA) is 76.9 Å². The van der Waals surface area contributed by atoms with E-state index in [9.17, 15) is 8.42 Å². The first-order valence-corrected chi connectivity index (χ1v) is 8.89. The van der Waals surface area contributed by atoms with Gasteiger partial charge in [-0.2, -0.15) is 0 Å². The standard InChI is InChI=1S/C13H15BrN4O2S/c1-18-13(12(14)15-17-18)21(19,20)16-11-7-6-9-4-2-3-5-10(9)8-11/h2-5,11,16H,6-8H2,1H3. The summed E-state index contributed by atoms with van der Waals surface area (Å²) in [4.78, 5) is 0. The molecule has 0 saturated carbocycles. The Labute approximate surface area is 131 Å². The maximum absolute atomic E-state index is 12.5. The summed E-state index contributed by atoms with van der Waals surface area (Å²) in [6.07, 6.45) is 2.38.